The van der Waals surface area contributed by atoms with Crippen LogP contribution in [0.4, 0.5) is 5.82 Å². The van der Waals surface area contributed by atoms with Crippen molar-refractivity contribution in [2.45, 2.75) is 0 Å². The quantitative estimate of drug-likeness (QED) is 0.707. The van der Waals surface area contributed by atoms with Crippen molar-refractivity contribution in [2.75, 3.05) is 5.73 Å². The zero-order valence-corrected chi connectivity index (χ0v) is 7.21. The van der Waals surface area contributed by atoms with Crippen LogP contribution in [0.25, 0.3) is 10.2 Å². The summed E-state index contributed by atoms with van der Waals surface area (Å²) in [6.45, 7) is 0. The summed E-state index contributed by atoms with van der Waals surface area (Å²) in [5.74, 6) is -1.04. The van der Waals surface area contributed by atoms with Crippen molar-refractivity contribution in [2.24, 2.45) is 0 Å². The Balaban J connectivity index is 2.76. The van der Waals surface area contributed by atoms with Crippen LogP contribution in [0.1, 0.15) is 10.4 Å². The summed E-state index contributed by atoms with van der Waals surface area (Å²) in [6.07, 6.45) is 1.57. The molecule has 13 heavy (non-hydrogen) atoms. The lowest BCUT2D eigenvalue weighted by Crippen LogP contribution is -2.03. The van der Waals surface area contributed by atoms with E-state index < -0.39 is 5.97 Å². The van der Waals surface area contributed by atoms with Gasteiger partial charge in [0.1, 0.15) is 16.2 Å². The fraction of sp³-hybridized carbons (Fsp3) is 0. The number of anilines is 1. The van der Waals surface area contributed by atoms with Crippen molar-refractivity contribution in [1.29, 1.82) is 0 Å². The summed E-state index contributed by atoms with van der Waals surface area (Å²) in [5, 5.41) is 9.43. The molecule has 0 aliphatic carbocycles. The Morgan fingerprint density at radius 3 is 3.08 bits per heavy atom. The summed E-state index contributed by atoms with van der Waals surface area (Å²) in [5.41, 5.74) is 5.45. The molecule has 6 heteroatoms. The second-order valence-electron chi connectivity index (χ2n) is 2.45. The largest absolute Gasteiger partial charge is 0.478 e. The molecule has 5 nitrogen and oxygen atoms in total. The fourth-order valence-electron chi connectivity index (χ4n) is 0.995. The molecule has 0 amide bonds. The van der Waals surface area contributed by atoms with Crippen LogP contribution in [0, 0.1) is 0 Å². The molecular weight excluding hydrogens is 190 g/mol. The third-order valence-electron chi connectivity index (χ3n) is 1.61. The van der Waals surface area contributed by atoms with Gasteiger partial charge in [-0.25, -0.2) is 9.78 Å². The molecule has 2 aromatic rings. The van der Waals surface area contributed by atoms with Crippen molar-refractivity contribution < 1.29 is 9.90 Å². The average Bonchev–Trinajstić information content (AvgIpc) is 2.48. The van der Waals surface area contributed by atoms with Gasteiger partial charge in [-0.2, -0.15) is 4.37 Å². The second-order valence-corrected chi connectivity index (χ2v) is 3.23. The number of aromatic carboxylic acids is 1. The molecule has 0 saturated carbocycles. The molecule has 0 saturated heterocycles. The maximum Gasteiger partial charge on any atom is 0.339 e. The number of rotatable bonds is 1. The van der Waals surface area contributed by atoms with Crippen LogP contribution in [0.5, 0.6) is 0 Å². The third-order valence-corrected chi connectivity index (χ3v) is 2.32. The first kappa shape index (κ1) is 7.93. The number of pyridine rings is 1. The van der Waals surface area contributed by atoms with Gasteiger partial charge in [0.15, 0.2) is 0 Å². The Morgan fingerprint density at radius 2 is 2.38 bits per heavy atom. The highest BCUT2D eigenvalue weighted by molar-refractivity contribution is 7.12. The minimum Gasteiger partial charge on any atom is -0.478 e. The van der Waals surface area contributed by atoms with E-state index in [4.69, 9.17) is 10.8 Å². The highest BCUT2D eigenvalue weighted by Gasteiger charge is 2.11. The van der Waals surface area contributed by atoms with Gasteiger partial charge in [0, 0.05) is 5.39 Å². The molecule has 0 spiro atoms. The first-order valence-electron chi connectivity index (χ1n) is 3.42. The Labute approximate surface area is 77.0 Å². The number of nitrogens with zero attached hydrogens (tertiary/aromatic N) is 2. The van der Waals surface area contributed by atoms with Crippen LogP contribution in [-0.2, 0) is 0 Å². The van der Waals surface area contributed by atoms with E-state index in [1.54, 1.807) is 6.20 Å². The molecular formula is C7H5N3O2S. The van der Waals surface area contributed by atoms with Crippen LogP contribution in [0.15, 0.2) is 12.3 Å². The number of carboxylic acid groups (broad SMARTS) is 1. The normalized spacial score (nSPS) is 10.5. The number of nitrogen functional groups attached to an aromatic ring is 1. The highest BCUT2D eigenvalue weighted by atomic mass is 32.1. The van der Waals surface area contributed by atoms with E-state index in [0.717, 1.165) is 0 Å². The number of carboxylic acids is 1. The van der Waals surface area contributed by atoms with Gasteiger partial charge in [-0.3, -0.25) is 0 Å². The lowest BCUT2D eigenvalue weighted by molar-refractivity contribution is 0.0698. The average molecular weight is 195 g/mol. The number of nitrogens with two attached hydrogens (primary N) is 1. The van der Waals surface area contributed by atoms with Crippen molar-refractivity contribution in [3.63, 3.8) is 0 Å². The summed E-state index contributed by atoms with van der Waals surface area (Å²) in [4.78, 5) is 15.2. The smallest absolute Gasteiger partial charge is 0.339 e. The summed E-state index contributed by atoms with van der Waals surface area (Å²) < 4.78 is 3.87. The van der Waals surface area contributed by atoms with Crippen LogP contribution in [0.3, 0.4) is 0 Å². The number of fused-ring (bicyclic) bond motifs is 1. The van der Waals surface area contributed by atoms with Crippen LogP contribution in [-0.4, -0.2) is 20.4 Å². The molecule has 2 heterocycles. The molecule has 0 radical (unpaired) electrons. The minimum absolute atomic E-state index is 0.0210. The van der Waals surface area contributed by atoms with E-state index in [-0.39, 0.29) is 11.4 Å². The Hall–Kier alpha value is -1.69. The number of hydrogen-bond acceptors (Lipinski definition) is 5. The van der Waals surface area contributed by atoms with E-state index in [9.17, 15) is 4.79 Å². The Kier molecular flexibility index (Phi) is 1.63. The molecule has 0 atom stereocenters. The molecule has 2 aromatic heterocycles. The van der Waals surface area contributed by atoms with E-state index in [1.807, 2.05) is 0 Å². The van der Waals surface area contributed by atoms with Gasteiger partial charge in [0.25, 0.3) is 0 Å². The highest BCUT2D eigenvalue weighted by Crippen LogP contribution is 2.20. The van der Waals surface area contributed by atoms with Crippen LogP contribution < -0.4 is 5.73 Å². The molecule has 0 bridgehead atoms. The topological polar surface area (TPSA) is 89.1 Å². The number of hydrogen-bond donors (Lipinski definition) is 2. The fourth-order valence-corrected chi connectivity index (χ4v) is 1.62. The first-order chi connectivity index (χ1) is 6.18. The predicted molar refractivity (Wildman–Crippen MR) is 48.8 cm³/mol. The van der Waals surface area contributed by atoms with Gasteiger partial charge >= 0.3 is 5.97 Å². The maximum absolute atomic E-state index is 10.7. The van der Waals surface area contributed by atoms with Crippen molar-refractivity contribution in [1.82, 2.24) is 9.36 Å². The van der Waals surface area contributed by atoms with Crippen molar-refractivity contribution in [3.05, 3.63) is 17.8 Å². The summed E-state index contributed by atoms with van der Waals surface area (Å²) in [6, 6.07) is 1.48. The number of aromatic nitrogens is 2. The minimum atomic E-state index is -1.07. The van der Waals surface area contributed by atoms with Crippen molar-refractivity contribution >= 4 is 33.5 Å². The number of carbonyl (C=O) groups is 1. The van der Waals surface area contributed by atoms with E-state index in [1.165, 1.54) is 17.6 Å². The Bertz CT molecular complexity index is 480. The summed E-state index contributed by atoms with van der Waals surface area (Å²) in [7, 11) is 0. The van der Waals surface area contributed by atoms with E-state index >= 15 is 0 Å². The summed E-state index contributed by atoms with van der Waals surface area (Å²) >= 11 is 1.19. The lowest BCUT2D eigenvalue weighted by Gasteiger charge is -1.97. The molecule has 66 valence electrons. The van der Waals surface area contributed by atoms with Gasteiger partial charge in [-0.15, -0.1) is 0 Å². The molecule has 0 aliphatic heterocycles. The Morgan fingerprint density at radius 1 is 1.62 bits per heavy atom. The predicted octanol–water partition coefficient (Wildman–Crippen LogP) is 0.972. The van der Waals surface area contributed by atoms with E-state index in [2.05, 4.69) is 9.36 Å². The standard InChI is InChI=1S/C7H5N3O2S/c8-5-4(7(11)12)1-3-2-9-13-6(3)10-5/h1-2H,(H2,8,10)(H,11,12). The monoisotopic (exact) mass is 195 g/mol. The van der Waals surface area contributed by atoms with E-state index in [0.29, 0.717) is 10.2 Å². The SMILES string of the molecule is Nc1nc2sncc2cc1C(=O)O. The van der Waals surface area contributed by atoms with Gasteiger partial charge in [-0.05, 0) is 17.6 Å². The maximum atomic E-state index is 10.7. The van der Waals surface area contributed by atoms with Crippen LogP contribution in [0.2, 0.25) is 0 Å². The molecule has 0 aliphatic rings. The van der Waals surface area contributed by atoms with Crippen molar-refractivity contribution in [3.8, 4) is 0 Å². The molecule has 2 rings (SSSR count). The van der Waals surface area contributed by atoms with Gasteiger partial charge in [0.2, 0.25) is 0 Å². The van der Waals surface area contributed by atoms with Gasteiger partial charge in [0.05, 0.1) is 6.20 Å². The zero-order valence-electron chi connectivity index (χ0n) is 6.39. The molecule has 0 unspecified atom stereocenters. The molecule has 0 fully saturated rings. The zero-order chi connectivity index (χ0) is 9.42. The third kappa shape index (κ3) is 1.20. The molecule has 3 N–H and O–H groups in total. The lowest BCUT2D eigenvalue weighted by atomic mass is 10.2. The molecule has 0 aromatic carbocycles. The first-order valence-corrected chi connectivity index (χ1v) is 4.20. The van der Waals surface area contributed by atoms with Gasteiger partial charge in [-0.1, -0.05) is 0 Å². The second kappa shape index (κ2) is 2.67. The van der Waals surface area contributed by atoms with Crippen LogP contribution >= 0.6 is 11.5 Å². The van der Waals surface area contributed by atoms with Gasteiger partial charge < -0.3 is 10.8 Å².